The summed E-state index contributed by atoms with van der Waals surface area (Å²) in [6.45, 7) is 4.80. The summed E-state index contributed by atoms with van der Waals surface area (Å²) in [4.78, 5) is 11.5. The zero-order valence-corrected chi connectivity index (χ0v) is 11.2. The van der Waals surface area contributed by atoms with E-state index in [-0.39, 0.29) is 18.0 Å². The minimum Gasteiger partial charge on any atom is -0.375 e. The van der Waals surface area contributed by atoms with Gasteiger partial charge in [-0.25, -0.2) is 4.39 Å². The molecule has 5 heteroatoms. The van der Waals surface area contributed by atoms with Crippen LogP contribution in [0.1, 0.15) is 25.8 Å². The molecule has 4 nitrogen and oxygen atoms in total. The Kier molecular flexibility index (Phi) is 5.80. The number of nitriles is 1. The first-order valence-corrected chi connectivity index (χ1v) is 6.23. The van der Waals surface area contributed by atoms with E-state index in [4.69, 9.17) is 5.26 Å². The maximum Gasteiger partial charge on any atom is 0.239 e. The van der Waals surface area contributed by atoms with Gasteiger partial charge < -0.3 is 10.6 Å². The van der Waals surface area contributed by atoms with E-state index in [1.54, 1.807) is 12.1 Å². The molecular weight excluding hydrogens is 245 g/mol. The van der Waals surface area contributed by atoms with Gasteiger partial charge in [-0.1, -0.05) is 19.9 Å². The van der Waals surface area contributed by atoms with E-state index in [1.165, 1.54) is 12.1 Å². The molecule has 0 saturated carbocycles. The fourth-order valence-corrected chi connectivity index (χ4v) is 1.52. The van der Waals surface area contributed by atoms with Crippen molar-refractivity contribution in [2.24, 2.45) is 5.92 Å². The predicted octanol–water partition coefficient (Wildman–Crippen LogP) is 2.27. The zero-order chi connectivity index (χ0) is 14.3. The first-order valence-electron chi connectivity index (χ1n) is 6.23. The van der Waals surface area contributed by atoms with Crippen molar-refractivity contribution >= 4 is 11.6 Å². The maximum absolute atomic E-state index is 13.3. The summed E-state index contributed by atoms with van der Waals surface area (Å²) in [5.74, 6) is -0.233. The maximum atomic E-state index is 13.3. The molecule has 0 spiro atoms. The van der Waals surface area contributed by atoms with Crippen LogP contribution in [0.15, 0.2) is 18.2 Å². The van der Waals surface area contributed by atoms with Gasteiger partial charge in [-0.2, -0.15) is 5.26 Å². The van der Waals surface area contributed by atoms with Crippen molar-refractivity contribution in [3.8, 4) is 6.07 Å². The minimum absolute atomic E-state index is 0.0240. The van der Waals surface area contributed by atoms with Gasteiger partial charge in [0.2, 0.25) is 5.91 Å². The van der Waals surface area contributed by atoms with Crippen molar-refractivity contribution in [1.82, 2.24) is 5.32 Å². The lowest BCUT2D eigenvalue weighted by molar-refractivity contribution is -0.119. The van der Waals surface area contributed by atoms with Gasteiger partial charge >= 0.3 is 0 Å². The molecule has 102 valence electrons. The molecule has 1 aromatic carbocycles. The second-order valence-electron chi connectivity index (χ2n) is 4.66. The number of hydrogen-bond donors (Lipinski definition) is 2. The minimum atomic E-state index is -0.590. The molecule has 0 fully saturated rings. The van der Waals surface area contributed by atoms with Crippen LogP contribution in [0.2, 0.25) is 0 Å². The van der Waals surface area contributed by atoms with Crippen LogP contribution >= 0.6 is 0 Å². The fourth-order valence-electron chi connectivity index (χ4n) is 1.52. The lowest BCUT2D eigenvalue weighted by Crippen LogP contribution is -2.31. The Morgan fingerprint density at radius 2 is 2.21 bits per heavy atom. The monoisotopic (exact) mass is 263 g/mol. The molecule has 1 rings (SSSR count). The van der Waals surface area contributed by atoms with Crippen LogP contribution in [0.3, 0.4) is 0 Å². The van der Waals surface area contributed by atoms with Gasteiger partial charge in [0.05, 0.1) is 12.2 Å². The first kappa shape index (κ1) is 15.0. The molecule has 1 amide bonds. The molecule has 1 aromatic rings. The number of carbonyl (C=O) groups excluding carboxylic acids is 1. The molecule has 0 heterocycles. The van der Waals surface area contributed by atoms with Crippen LogP contribution < -0.4 is 10.6 Å². The molecule has 19 heavy (non-hydrogen) atoms. The summed E-state index contributed by atoms with van der Waals surface area (Å²) in [6, 6.07) is 6.06. The standard InChI is InChI=1S/C14H18FN3O/c1-10(2)6-7-17-14(19)9-18-13-5-3-4-12(15)11(13)8-16/h3-5,10,18H,6-7,9H2,1-2H3,(H,17,19). The van der Waals surface area contributed by atoms with Crippen LogP contribution in [0.25, 0.3) is 0 Å². The van der Waals surface area contributed by atoms with E-state index < -0.39 is 5.82 Å². The van der Waals surface area contributed by atoms with Crippen molar-refractivity contribution in [2.75, 3.05) is 18.4 Å². The third-order valence-corrected chi connectivity index (χ3v) is 2.61. The molecule has 0 aliphatic carbocycles. The van der Waals surface area contributed by atoms with Crippen LogP contribution in [0.5, 0.6) is 0 Å². The van der Waals surface area contributed by atoms with Crippen LogP contribution in [-0.2, 0) is 4.79 Å². The highest BCUT2D eigenvalue weighted by molar-refractivity contribution is 5.81. The Bertz CT molecular complexity index is 480. The van der Waals surface area contributed by atoms with Gasteiger partial charge in [0.1, 0.15) is 17.4 Å². The van der Waals surface area contributed by atoms with Gasteiger partial charge in [-0.05, 0) is 24.5 Å². The number of halogens is 1. The first-order chi connectivity index (χ1) is 9.04. The number of carbonyl (C=O) groups is 1. The molecule has 0 radical (unpaired) electrons. The SMILES string of the molecule is CC(C)CCNC(=O)CNc1cccc(F)c1C#N. The van der Waals surface area contributed by atoms with E-state index in [0.717, 1.165) is 6.42 Å². The third kappa shape index (κ3) is 4.96. The normalized spacial score (nSPS) is 10.1. The predicted molar refractivity (Wildman–Crippen MR) is 72.1 cm³/mol. The number of benzene rings is 1. The van der Waals surface area contributed by atoms with Crippen molar-refractivity contribution in [2.45, 2.75) is 20.3 Å². The molecule has 0 saturated heterocycles. The second-order valence-corrected chi connectivity index (χ2v) is 4.66. The molecule has 0 bridgehead atoms. The Hall–Kier alpha value is -2.09. The topological polar surface area (TPSA) is 64.9 Å². The van der Waals surface area contributed by atoms with Gasteiger partial charge in [0, 0.05) is 6.54 Å². The highest BCUT2D eigenvalue weighted by Gasteiger charge is 2.08. The Morgan fingerprint density at radius 3 is 2.84 bits per heavy atom. The van der Waals surface area contributed by atoms with Gasteiger partial charge in [-0.3, -0.25) is 4.79 Å². The van der Waals surface area contributed by atoms with Crippen LogP contribution in [0, 0.1) is 23.1 Å². The highest BCUT2D eigenvalue weighted by Crippen LogP contribution is 2.17. The van der Waals surface area contributed by atoms with Crippen molar-refractivity contribution in [3.63, 3.8) is 0 Å². The number of nitrogens with one attached hydrogen (secondary N) is 2. The number of anilines is 1. The zero-order valence-electron chi connectivity index (χ0n) is 11.2. The summed E-state index contributed by atoms with van der Waals surface area (Å²) in [5, 5.41) is 14.4. The summed E-state index contributed by atoms with van der Waals surface area (Å²) < 4.78 is 13.3. The number of rotatable bonds is 6. The van der Waals surface area contributed by atoms with Gasteiger partial charge in [-0.15, -0.1) is 0 Å². The van der Waals surface area contributed by atoms with E-state index in [1.807, 2.05) is 0 Å². The van der Waals surface area contributed by atoms with Crippen LogP contribution in [-0.4, -0.2) is 19.0 Å². The lowest BCUT2D eigenvalue weighted by Gasteiger charge is -2.10. The fraction of sp³-hybridized carbons (Fsp3) is 0.429. The lowest BCUT2D eigenvalue weighted by atomic mass is 10.1. The van der Waals surface area contributed by atoms with E-state index in [9.17, 15) is 9.18 Å². The molecular formula is C14H18FN3O. The molecule has 0 aliphatic rings. The Labute approximate surface area is 112 Å². The molecule has 0 aromatic heterocycles. The van der Waals surface area contributed by atoms with E-state index in [2.05, 4.69) is 24.5 Å². The molecule has 0 unspecified atom stereocenters. The number of nitrogens with zero attached hydrogens (tertiary/aromatic N) is 1. The Morgan fingerprint density at radius 1 is 1.47 bits per heavy atom. The van der Waals surface area contributed by atoms with Crippen molar-refractivity contribution in [3.05, 3.63) is 29.6 Å². The molecule has 0 aliphatic heterocycles. The number of amides is 1. The van der Waals surface area contributed by atoms with Crippen molar-refractivity contribution in [1.29, 1.82) is 5.26 Å². The van der Waals surface area contributed by atoms with Gasteiger partial charge in [0.25, 0.3) is 0 Å². The van der Waals surface area contributed by atoms with Gasteiger partial charge in [0.15, 0.2) is 0 Å². The summed E-state index contributed by atoms with van der Waals surface area (Å²) in [5.41, 5.74) is 0.263. The Balaban J connectivity index is 2.47. The summed E-state index contributed by atoms with van der Waals surface area (Å²) in [7, 11) is 0. The van der Waals surface area contributed by atoms with Crippen molar-refractivity contribution < 1.29 is 9.18 Å². The number of hydrogen-bond acceptors (Lipinski definition) is 3. The molecule has 0 atom stereocenters. The highest BCUT2D eigenvalue weighted by atomic mass is 19.1. The smallest absolute Gasteiger partial charge is 0.239 e. The second kappa shape index (κ2) is 7.37. The van der Waals surface area contributed by atoms with Crippen LogP contribution in [0.4, 0.5) is 10.1 Å². The largest absolute Gasteiger partial charge is 0.375 e. The quantitative estimate of drug-likeness (QED) is 0.827. The van der Waals surface area contributed by atoms with E-state index in [0.29, 0.717) is 18.2 Å². The summed E-state index contributed by atoms with van der Waals surface area (Å²) >= 11 is 0. The average Bonchev–Trinajstić information content (AvgIpc) is 2.36. The third-order valence-electron chi connectivity index (χ3n) is 2.61. The molecule has 2 N–H and O–H groups in total. The van der Waals surface area contributed by atoms with E-state index >= 15 is 0 Å². The summed E-state index contributed by atoms with van der Waals surface area (Å²) in [6.07, 6.45) is 0.912. The average molecular weight is 263 g/mol.